The lowest BCUT2D eigenvalue weighted by molar-refractivity contribution is 0.0785. The van der Waals surface area contributed by atoms with E-state index in [9.17, 15) is 9.18 Å². The van der Waals surface area contributed by atoms with E-state index in [1.165, 1.54) is 23.1 Å². The fourth-order valence-corrected chi connectivity index (χ4v) is 3.20. The van der Waals surface area contributed by atoms with Crippen molar-refractivity contribution in [1.29, 1.82) is 0 Å². The first kappa shape index (κ1) is 22.5. The summed E-state index contributed by atoms with van der Waals surface area (Å²) in [5.74, 6) is -0.288. The van der Waals surface area contributed by atoms with Gasteiger partial charge < -0.3 is 14.5 Å². The van der Waals surface area contributed by atoms with E-state index in [4.69, 9.17) is 4.74 Å². The molecule has 8 nitrogen and oxygen atoms in total. The number of nitrogens with zero attached hydrogens (tertiary/aromatic N) is 6. The Morgan fingerprint density at radius 3 is 2.65 bits per heavy atom. The van der Waals surface area contributed by atoms with Gasteiger partial charge in [0.05, 0.1) is 29.8 Å². The van der Waals surface area contributed by atoms with Gasteiger partial charge in [0.2, 0.25) is 0 Å². The molecule has 0 unspecified atom stereocenters. The van der Waals surface area contributed by atoms with E-state index in [0.717, 1.165) is 13.0 Å². The molecule has 0 aliphatic carbocycles. The van der Waals surface area contributed by atoms with Gasteiger partial charge in [-0.25, -0.2) is 14.4 Å². The van der Waals surface area contributed by atoms with Crippen LogP contribution in [-0.4, -0.2) is 76.8 Å². The lowest BCUT2D eigenvalue weighted by Gasteiger charge is -2.18. The molecule has 164 valence electrons. The second kappa shape index (κ2) is 10.2. The molecule has 1 amide bonds. The second-order valence-corrected chi connectivity index (χ2v) is 7.46. The molecular formula is C22H27FN6O2. The second-order valence-electron chi connectivity index (χ2n) is 7.46. The Labute approximate surface area is 181 Å². The SMILES string of the molecule is COCc1c(C(=O)N(C)CCCN(C)C)cnn1-c1nccc(-c2ccccc2F)n1. The predicted molar refractivity (Wildman–Crippen MR) is 115 cm³/mol. The highest BCUT2D eigenvalue weighted by atomic mass is 19.1. The lowest BCUT2D eigenvalue weighted by atomic mass is 10.1. The number of halogens is 1. The molecule has 0 fully saturated rings. The summed E-state index contributed by atoms with van der Waals surface area (Å²) >= 11 is 0. The van der Waals surface area contributed by atoms with Crippen LogP contribution in [0.2, 0.25) is 0 Å². The largest absolute Gasteiger partial charge is 0.378 e. The molecule has 0 spiro atoms. The molecule has 0 radical (unpaired) electrons. The monoisotopic (exact) mass is 426 g/mol. The summed E-state index contributed by atoms with van der Waals surface area (Å²) in [5.41, 5.74) is 1.76. The van der Waals surface area contributed by atoms with Crippen molar-refractivity contribution in [3.8, 4) is 17.2 Å². The Balaban J connectivity index is 1.91. The number of methoxy groups -OCH3 is 1. The highest BCUT2D eigenvalue weighted by Crippen LogP contribution is 2.22. The van der Waals surface area contributed by atoms with Crippen LogP contribution in [0.5, 0.6) is 0 Å². The Hall–Kier alpha value is -3.17. The van der Waals surface area contributed by atoms with Gasteiger partial charge in [0, 0.05) is 32.5 Å². The molecule has 3 rings (SSSR count). The summed E-state index contributed by atoms with van der Waals surface area (Å²) in [6.45, 7) is 1.66. The Bertz CT molecular complexity index is 1040. The first-order chi connectivity index (χ1) is 14.9. The third-order valence-electron chi connectivity index (χ3n) is 4.81. The summed E-state index contributed by atoms with van der Waals surface area (Å²) in [6, 6.07) is 8.03. The maximum atomic E-state index is 14.2. The summed E-state index contributed by atoms with van der Waals surface area (Å²) in [7, 11) is 7.31. The van der Waals surface area contributed by atoms with Crippen molar-refractivity contribution in [2.45, 2.75) is 13.0 Å². The molecule has 0 atom stereocenters. The van der Waals surface area contributed by atoms with Gasteiger partial charge in [0.25, 0.3) is 11.9 Å². The molecular weight excluding hydrogens is 399 g/mol. The van der Waals surface area contributed by atoms with Crippen LogP contribution >= 0.6 is 0 Å². The number of rotatable bonds is 9. The van der Waals surface area contributed by atoms with Gasteiger partial charge >= 0.3 is 0 Å². The van der Waals surface area contributed by atoms with E-state index in [-0.39, 0.29) is 24.3 Å². The summed E-state index contributed by atoms with van der Waals surface area (Å²) < 4.78 is 21.0. The number of aromatic nitrogens is 4. The van der Waals surface area contributed by atoms with Crippen LogP contribution in [0.15, 0.2) is 42.7 Å². The first-order valence-electron chi connectivity index (χ1n) is 9.96. The maximum absolute atomic E-state index is 14.2. The maximum Gasteiger partial charge on any atom is 0.257 e. The van der Waals surface area contributed by atoms with Gasteiger partial charge in [-0.2, -0.15) is 9.78 Å². The summed E-state index contributed by atoms with van der Waals surface area (Å²) in [4.78, 5) is 25.5. The van der Waals surface area contributed by atoms with Crippen molar-refractivity contribution in [3.05, 3.63) is 59.8 Å². The quantitative estimate of drug-likeness (QED) is 0.524. The zero-order chi connectivity index (χ0) is 22.4. The lowest BCUT2D eigenvalue weighted by Crippen LogP contribution is -2.30. The van der Waals surface area contributed by atoms with Crippen molar-refractivity contribution in [2.24, 2.45) is 0 Å². The zero-order valence-electron chi connectivity index (χ0n) is 18.2. The number of carbonyl (C=O) groups is 1. The molecule has 1 aromatic carbocycles. The van der Waals surface area contributed by atoms with Crippen LogP contribution in [0, 0.1) is 5.82 Å². The first-order valence-corrected chi connectivity index (χ1v) is 9.96. The van der Waals surface area contributed by atoms with Crippen molar-refractivity contribution in [3.63, 3.8) is 0 Å². The highest BCUT2D eigenvalue weighted by molar-refractivity contribution is 5.95. The Morgan fingerprint density at radius 2 is 1.94 bits per heavy atom. The summed E-state index contributed by atoms with van der Waals surface area (Å²) in [6.07, 6.45) is 3.90. The fourth-order valence-electron chi connectivity index (χ4n) is 3.20. The fraction of sp³-hybridized carbons (Fsp3) is 0.364. The van der Waals surface area contributed by atoms with Gasteiger partial charge in [-0.1, -0.05) is 12.1 Å². The normalized spacial score (nSPS) is 11.2. The molecule has 0 N–H and O–H groups in total. The smallest absolute Gasteiger partial charge is 0.257 e. The zero-order valence-corrected chi connectivity index (χ0v) is 18.2. The van der Waals surface area contributed by atoms with Gasteiger partial charge in [-0.3, -0.25) is 4.79 Å². The van der Waals surface area contributed by atoms with Crippen LogP contribution in [0.25, 0.3) is 17.2 Å². The van der Waals surface area contributed by atoms with Crippen LogP contribution in [-0.2, 0) is 11.3 Å². The van der Waals surface area contributed by atoms with Crippen LogP contribution in [0.4, 0.5) is 4.39 Å². The molecule has 31 heavy (non-hydrogen) atoms. The van der Waals surface area contributed by atoms with E-state index in [2.05, 4.69) is 20.0 Å². The summed E-state index contributed by atoms with van der Waals surface area (Å²) in [5, 5.41) is 4.34. The van der Waals surface area contributed by atoms with Crippen molar-refractivity contribution in [1.82, 2.24) is 29.5 Å². The number of benzene rings is 1. The topological polar surface area (TPSA) is 76.4 Å². The minimum atomic E-state index is -0.375. The molecule has 2 aromatic heterocycles. The minimum Gasteiger partial charge on any atom is -0.378 e. The predicted octanol–water partition coefficient (Wildman–Crippen LogP) is 2.64. The van der Waals surface area contributed by atoms with Crippen molar-refractivity contribution < 1.29 is 13.9 Å². The van der Waals surface area contributed by atoms with Crippen LogP contribution < -0.4 is 0 Å². The Morgan fingerprint density at radius 1 is 1.16 bits per heavy atom. The standard InChI is InChI=1S/C22H27FN6O2/c1-27(2)12-7-13-28(3)21(30)17-14-25-29(20(17)15-31-4)22-24-11-10-19(26-22)16-8-5-6-9-18(16)23/h5-6,8-11,14H,7,12-13,15H2,1-4H3. The average Bonchev–Trinajstić information content (AvgIpc) is 3.17. The highest BCUT2D eigenvalue weighted by Gasteiger charge is 2.22. The minimum absolute atomic E-state index is 0.151. The van der Waals surface area contributed by atoms with E-state index in [0.29, 0.717) is 29.1 Å². The van der Waals surface area contributed by atoms with Gasteiger partial charge in [0.15, 0.2) is 0 Å². The third kappa shape index (κ3) is 5.31. The van der Waals surface area contributed by atoms with E-state index >= 15 is 0 Å². The molecule has 0 aliphatic heterocycles. The molecule has 0 saturated carbocycles. The van der Waals surface area contributed by atoms with Crippen molar-refractivity contribution >= 4 is 5.91 Å². The molecule has 2 heterocycles. The van der Waals surface area contributed by atoms with E-state index in [1.54, 1.807) is 43.3 Å². The van der Waals surface area contributed by atoms with Gasteiger partial charge in [-0.05, 0) is 45.3 Å². The third-order valence-corrected chi connectivity index (χ3v) is 4.81. The average molecular weight is 426 g/mol. The van der Waals surface area contributed by atoms with Crippen LogP contribution in [0.3, 0.4) is 0 Å². The molecule has 3 aromatic rings. The number of carbonyl (C=O) groups excluding carboxylic acids is 1. The molecule has 0 aliphatic rings. The number of hydrogen-bond acceptors (Lipinski definition) is 6. The number of hydrogen-bond donors (Lipinski definition) is 0. The number of ether oxygens (including phenoxy) is 1. The van der Waals surface area contributed by atoms with E-state index in [1.807, 2.05) is 14.1 Å². The number of amides is 1. The Kier molecular flexibility index (Phi) is 7.43. The van der Waals surface area contributed by atoms with Gasteiger partial charge in [-0.15, -0.1) is 0 Å². The van der Waals surface area contributed by atoms with E-state index < -0.39 is 0 Å². The molecule has 0 saturated heterocycles. The van der Waals surface area contributed by atoms with Crippen molar-refractivity contribution in [2.75, 3.05) is 41.3 Å². The van der Waals surface area contributed by atoms with Crippen LogP contribution in [0.1, 0.15) is 22.5 Å². The van der Waals surface area contributed by atoms with Gasteiger partial charge in [0.1, 0.15) is 5.82 Å². The molecule has 9 heteroatoms. The molecule has 0 bridgehead atoms.